The van der Waals surface area contributed by atoms with Gasteiger partial charge in [0.05, 0.1) is 12.2 Å². The van der Waals surface area contributed by atoms with Gasteiger partial charge in [-0.25, -0.2) is 0 Å². The van der Waals surface area contributed by atoms with Crippen molar-refractivity contribution in [3.63, 3.8) is 0 Å². The minimum Gasteiger partial charge on any atom is -0.467 e. The zero-order chi connectivity index (χ0) is 16.4. The van der Waals surface area contributed by atoms with Crippen LogP contribution in [0.4, 0.5) is 18.9 Å². The number of fused-ring (bicyclic) bond motifs is 1. The van der Waals surface area contributed by atoms with Crippen LogP contribution < -0.4 is 10.1 Å². The number of halogens is 4. The van der Waals surface area contributed by atoms with E-state index in [0.29, 0.717) is 29.6 Å². The van der Waals surface area contributed by atoms with Gasteiger partial charge in [-0.05, 0) is 36.4 Å². The fraction of sp³-hybridized carbons (Fsp3) is 0.250. The zero-order valence-electron chi connectivity index (χ0n) is 11.9. The lowest BCUT2D eigenvalue weighted by molar-refractivity contribution is -0.137. The number of rotatable bonds is 3. The second-order valence-electron chi connectivity index (χ2n) is 5.09. The van der Waals surface area contributed by atoms with Crippen LogP contribution in [0.1, 0.15) is 16.7 Å². The molecule has 1 aliphatic rings. The first-order valence-corrected chi connectivity index (χ1v) is 7.24. The molecule has 2 aromatic carbocycles. The van der Waals surface area contributed by atoms with Crippen molar-refractivity contribution in [3.05, 3.63) is 58.1 Å². The number of alkyl halides is 3. The Morgan fingerprint density at radius 2 is 1.87 bits per heavy atom. The minimum atomic E-state index is -4.33. The summed E-state index contributed by atoms with van der Waals surface area (Å²) in [6.07, 6.45) is -4.33. The van der Waals surface area contributed by atoms with Crippen molar-refractivity contribution >= 4 is 17.3 Å². The summed E-state index contributed by atoms with van der Waals surface area (Å²) in [6.45, 7) is 0.972. The van der Waals surface area contributed by atoms with Crippen molar-refractivity contribution in [2.75, 3.05) is 12.1 Å². The monoisotopic (exact) mass is 343 g/mol. The summed E-state index contributed by atoms with van der Waals surface area (Å²) in [5.74, 6) is 0.708. The van der Waals surface area contributed by atoms with Crippen LogP contribution in [0.25, 0.3) is 0 Å². The molecule has 0 fully saturated rings. The van der Waals surface area contributed by atoms with Crippen molar-refractivity contribution in [1.82, 2.24) is 0 Å². The van der Waals surface area contributed by atoms with Crippen LogP contribution in [-0.2, 0) is 24.1 Å². The standard InChI is InChI=1S/C16H13ClF3NO2/c17-13-5-10(15-11(6-13)8-22-9-23-15)7-21-14-3-1-12(2-4-14)16(18,19)20/h1-6,21H,7-9H2. The van der Waals surface area contributed by atoms with Gasteiger partial charge < -0.3 is 14.8 Å². The average Bonchev–Trinajstić information content (AvgIpc) is 2.52. The molecule has 1 N–H and O–H groups in total. The van der Waals surface area contributed by atoms with Crippen LogP contribution in [0.15, 0.2) is 36.4 Å². The Labute approximate surface area is 136 Å². The Bertz CT molecular complexity index is 702. The molecular weight excluding hydrogens is 331 g/mol. The van der Waals surface area contributed by atoms with E-state index in [1.165, 1.54) is 12.1 Å². The third-order valence-corrected chi connectivity index (χ3v) is 3.67. The predicted molar refractivity (Wildman–Crippen MR) is 80.5 cm³/mol. The highest BCUT2D eigenvalue weighted by atomic mass is 35.5. The molecule has 0 aromatic heterocycles. The second-order valence-corrected chi connectivity index (χ2v) is 5.53. The van der Waals surface area contributed by atoms with E-state index in [2.05, 4.69) is 5.32 Å². The van der Waals surface area contributed by atoms with E-state index < -0.39 is 11.7 Å². The van der Waals surface area contributed by atoms with E-state index in [0.717, 1.165) is 23.3 Å². The third-order valence-electron chi connectivity index (χ3n) is 3.45. The van der Waals surface area contributed by atoms with Crippen molar-refractivity contribution in [2.24, 2.45) is 0 Å². The van der Waals surface area contributed by atoms with Gasteiger partial charge in [-0.3, -0.25) is 0 Å². The van der Waals surface area contributed by atoms with Crippen LogP contribution in [0.3, 0.4) is 0 Å². The summed E-state index contributed by atoms with van der Waals surface area (Å²) < 4.78 is 48.3. The van der Waals surface area contributed by atoms with Gasteiger partial charge in [0.25, 0.3) is 0 Å². The van der Waals surface area contributed by atoms with E-state index in [9.17, 15) is 13.2 Å². The minimum absolute atomic E-state index is 0.169. The van der Waals surface area contributed by atoms with Gasteiger partial charge in [0, 0.05) is 28.4 Å². The molecule has 3 rings (SSSR count). The van der Waals surface area contributed by atoms with Crippen molar-refractivity contribution in [2.45, 2.75) is 19.3 Å². The number of hydrogen-bond donors (Lipinski definition) is 1. The number of ether oxygens (including phenoxy) is 2. The third kappa shape index (κ3) is 3.71. The highest BCUT2D eigenvalue weighted by Gasteiger charge is 2.29. The van der Waals surface area contributed by atoms with Crippen LogP contribution in [-0.4, -0.2) is 6.79 Å². The smallest absolute Gasteiger partial charge is 0.416 e. The number of nitrogens with one attached hydrogen (secondary N) is 1. The molecule has 0 aliphatic carbocycles. The maximum absolute atomic E-state index is 12.5. The summed E-state index contributed by atoms with van der Waals surface area (Å²) >= 11 is 6.07. The molecule has 0 amide bonds. The number of hydrogen-bond acceptors (Lipinski definition) is 3. The van der Waals surface area contributed by atoms with E-state index in [1.54, 1.807) is 12.1 Å². The molecule has 7 heteroatoms. The van der Waals surface area contributed by atoms with Crippen LogP contribution in [0, 0.1) is 0 Å². The quantitative estimate of drug-likeness (QED) is 0.865. The summed E-state index contributed by atoms with van der Waals surface area (Å²) in [7, 11) is 0. The molecule has 1 heterocycles. The Kier molecular flexibility index (Phi) is 4.37. The van der Waals surface area contributed by atoms with E-state index >= 15 is 0 Å². The lowest BCUT2D eigenvalue weighted by Gasteiger charge is -2.21. The van der Waals surface area contributed by atoms with Gasteiger partial charge in [0.15, 0.2) is 6.79 Å². The van der Waals surface area contributed by atoms with Crippen molar-refractivity contribution in [3.8, 4) is 5.75 Å². The Hall–Kier alpha value is -1.92. The normalized spacial score (nSPS) is 14.1. The zero-order valence-corrected chi connectivity index (χ0v) is 12.7. The summed E-state index contributed by atoms with van der Waals surface area (Å²) in [5.41, 5.74) is 1.59. The first kappa shape index (κ1) is 16.0. The van der Waals surface area contributed by atoms with Gasteiger partial charge in [-0.2, -0.15) is 13.2 Å². The van der Waals surface area contributed by atoms with Crippen molar-refractivity contribution in [1.29, 1.82) is 0 Å². The lowest BCUT2D eigenvalue weighted by Crippen LogP contribution is -2.14. The van der Waals surface area contributed by atoms with Crippen LogP contribution in [0.2, 0.25) is 5.02 Å². The largest absolute Gasteiger partial charge is 0.467 e. The molecule has 0 saturated heterocycles. The molecule has 0 radical (unpaired) electrons. The summed E-state index contributed by atoms with van der Waals surface area (Å²) in [5, 5.41) is 3.63. The Morgan fingerprint density at radius 1 is 1.13 bits per heavy atom. The molecule has 3 nitrogen and oxygen atoms in total. The van der Waals surface area contributed by atoms with E-state index in [1.807, 2.05) is 0 Å². The van der Waals surface area contributed by atoms with Gasteiger partial charge >= 0.3 is 6.18 Å². The molecule has 0 saturated carbocycles. The van der Waals surface area contributed by atoms with Gasteiger partial charge in [0.2, 0.25) is 0 Å². The lowest BCUT2D eigenvalue weighted by atomic mass is 10.1. The fourth-order valence-corrected chi connectivity index (χ4v) is 2.63. The Balaban J connectivity index is 1.75. The van der Waals surface area contributed by atoms with Gasteiger partial charge in [-0.15, -0.1) is 0 Å². The molecule has 23 heavy (non-hydrogen) atoms. The second kappa shape index (κ2) is 6.29. The maximum Gasteiger partial charge on any atom is 0.416 e. The molecule has 0 unspecified atom stereocenters. The number of anilines is 1. The average molecular weight is 344 g/mol. The molecule has 1 aliphatic heterocycles. The molecule has 122 valence electrons. The SMILES string of the molecule is FC(F)(F)c1ccc(NCc2cc(Cl)cc3c2OCOC3)cc1. The topological polar surface area (TPSA) is 30.5 Å². The van der Waals surface area contributed by atoms with Gasteiger partial charge in [-0.1, -0.05) is 11.6 Å². The first-order chi connectivity index (χ1) is 10.9. The predicted octanol–water partition coefficient (Wildman–Crippen LogP) is 4.84. The summed E-state index contributed by atoms with van der Waals surface area (Å²) in [6, 6.07) is 8.41. The highest BCUT2D eigenvalue weighted by molar-refractivity contribution is 6.30. The highest BCUT2D eigenvalue weighted by Crippen LogP contribution is 2.33. The van der Waals surface area contributed by atoms with E-state index in [4.69, 9.17) is 21.1 Å². The van der Waals surface area contributed by atoms with Crippen LogP contribution in [0.5, 0.6) is 5.75 Å². The van der Waals surface area contributed by atoms with Gasteiger partial charge in [0.1, 0.15) is 5.75 Å². The van der Waals surface area contributed by atoms with Crippen LogP contribution >= 0.6 is 11.6 Å². The van der Waals surface area contributed by atoms with Crippen molar-refractivity contribution < 1.29 is 22.6 Å². The molecular formula is C16H13ClF3NO2. The molecule has 0 atom stereocenters. The maximum atomic E-state index is 12.5. The molecule has 0 bridgehead atoms. The fourth-order valence-electron chi connectivity index (χ4n) is 2.36. The van der Waals surface area contributed by atoms with E-state index in [-0.39, 0.29) is 6.79 Å². The Morgan fingerprint density at radius 3 is 2.57 bits per heavy atom. The molecule has 2 aromatic rings. The first-order valence-electron chi connectivity index (χ1n) is 6.86. The number of benzene rings is 2. The molecule has 0 spiro atoms. The summed E-state index contributed by atoms with van der Waals surface area (Å²) in [4.78, 5) is 0.